The Morgan fingerprint density at radius 1 is 1.14 bits per heavy atom. The first kappa shape index (κ1) is 17.8. The molecule has 1 atom stereocenters. The number of halogens is 2. The third-order valence-corrected chi connectivity index (χ3v) is 3.86. The number of hydrogen-bond donors (Lipinski definition) is 1. The second-order valence-corrected chi connectivity index (χ2v) is 6.08. The van der Waals surface area contributed by atoms with Crippen molar-refractivity contribution in [2.24, 2.45) is 5.92 Å². The smallest absolute Gasteiger partial charge is 0.252 e. The molecule has 1 aromatic rings. The zero-order chi connectivity index (χ0) is 16.2. The van der Waals surface area contributed by atoms with Crippen LogP contribution in [0.1, 0.15) is 20.8 Å². The second-order valence-electron chi connectivity index (χ2n) is 4.59. The molecule has 0 aliphatic heterocycles. The van der Waals surface area contributed by atoms with Gasteiger partial charge in [0.2, 0.25) is 0 Å². The van der Waals surface area contributed by atoms with Crippen molar-refractivity contribution in [3.8, 4) is 0 Å². The Labute approximate surface area is 139 Å². The number of nitrogens with one attached hydrogen (secondary N) is 1. The van der Waals surface area contributed by atoms with E-state index >= 15 is 0 Å². The molecule has 1 amide bonds. The Morgan fingerprint density at radius 2 is 1.67 bits per heavy atom. The van der Waals surface area contributed by atoms with Crippen molar-refractivity contribution in [3.63, 3.8) is 0 Å². The van der Waals surface area contributed by atoms with E-state index in [2.05, 4.69) is 5.32 Å². The highest BCUT2D eigenvalue weighted by Gasteiger charge is 2.24. The summed E-state index contributed by atoms with van der Waals surface area (Å²) in [5.74, 6) is -1.30. The number of thiocarbonyl (C=S) groups is 1. The molecule has 0 aliphatic carbocycles. The molecule has 0 aromatic heterocycles. The molecule has 0 fully saturated rings. The third-order valence-electron chi connectivity index (χ3n) is 2.87. The number of ketones is 1. The lowest BCUT2D eigenvalue weighted by Crippen LogP contribution is -2.22. The van der Waals surface area contributed by atoms with E-state index in [4.69, 9.17) is 35.4 Å². The van der Waals surface area contributed by atoms with Gasteiger partial charge in [0.25, 0.3) is 5.91 Å². The number of hydrogen-bond acceptors (Lipinski definition) is 3. The molecule has 0 heterocycles. The zero-order valence-corrected chi connectivity index (χ0v) is 14.2. The summed E-state index contributed by atoms with van der Waals surface area (Å²) in [4.78, 5) is 24.2. The van der Waals surface area contributed by atoms with Gasteiger partial charge in [-0.25, -0.2) is 0 Å². The average Bonchev–Trinajstić information content (AvgIpc) is 2.39. The van der Waals surface area contributed by atoms with Crippen LogP contribution in [-0.2, 0) is 9.59 Å². The van der Waals surface area contributed by atoms with Gasteiger partial charge in [-0.3, -0.25) is 9.59 Å². The highest BCUT2D eigenvalue weighted by molar-refractivity contribution is 7.80. The van der Waals surface area contributed by atoms with E-state index in [9.17, 15) is 9.59 Å². The quantitative estimate of drug-likeness (QED) is 0.637. The average molecular weight is 344 g/mol. The van der Waals surface area contributed by atoms with Crippen molar-refractivity contribution in [1.82, 2.24) is 0 Å². The van der Waals surface area contributed by atoms with Crippen LogP contribution in [0.3, 0.4) is 0 Å². The van der Waals surface area contributed by atoms with Gasteiger partial charge in [-0.15, -0.1) is 0 Å². The normalized spacial score (nSPS) is 13.2. The fraction of sp³-hybridized carbons (Fsp3) is 0.267. The van der Waals surface area contributed by atoms with Gasteiger partial charge in [-0.05, 0) is 45.0 Å². The molecule has 0 saturated heterocycles. The summed E-state index contributed by atoms with van der Waals surface area (Å²) in [6, 6.07) is 6.68. The monoisotopic (exact) mass is 343 g/mol. The Balaban J connectivity index is 2.99. The van der Waals surface area contributed by atoms with Crippen molar-refractivity contribution in [2.45, 2.75) is 20.8 Å². The summed E-state index contributed by atoms with van der Waals surface area (Å²) < 4.78 is 0. The molecule has 1 unspecified atom stereocenters. The number of anilines is 1. The van der Waals surface area contributed by atoms with Crippen LogP contribution in [0.2, 0.25) is 5.02 Å². The Hall–Kier alpha value is -1.23. The van der Waals surface area contributed by atoms with Crippen LogP contribution in [0.5, 0.6) is 0 Å². The molecule has 0 spiro atoms. The molecule has 1 rings (SSSR count). The second kappa shape index (κ2) is 7.69. The Morgan fingerprint density at radius 3 is 2.10 bits per heavy atom. The number of rotatable bonds is 5. The van der Waals surface area contributed by atoms with Gasteiger partial charge in [0.1, 0.15) is 5.78 Å². The summed E-state index contributed by atoms with van der Waals surface area (Å²) in [5, 5.41) is 3.42. The van der Waals surface area contributed by atoms with Gasteiger partial charge in [-0.1, -0.05) is 35.4 Å². The topological polar surface area (TPSA) is 46.2 Å². The highest BCUT2D eigenvalue weighted by atomic mass is 35.5. The van der Waals surface area contributed by atoms with E-state index < -0.39 is 5.92 Å². The molecule has 6 heteroatoms. The number of carbonyl (C=O) groups is 2. The van der Waals surface area contributed by atoms with E-state index in [1.807, 2.05) is 0 Å². The third kappa shape index (κ3) is 4.92. The Kier molecular flexibility index (Phi) is 6.52. The van der Waals surface area contributed by atoms with Gasteiger partial charge in [0.05, 0.1) is 5.92 Å². The standard InChI is InChI=1S/C15H15Cl2NO2S/c1-8(14(17)13(9(2)19)10(3)21)15(20)18-12-6-4-11(16)5-7-12/h4-7,13H,1-3H3,(H,18,20)/b14-8-. The number of carbonyl (C=O) groups excluding carboxylic acids is 2. The first-order valence-electron chi connectivity index (χ1n) is 6.18. The molecule has 0 radical (unpaired) electrons. The SMILES string of the molecule is CC(=O)C(C(C)=S)/C(Cl)=C(\C)C(=O)Nc1ccc(Cl)cc1. The lowest BCUT2D eigenvalue weighted by atomic mass is 9.98. The number of benzene rings is 1. The summed E-state index contributed by atoms with van der Waals surface area (Å²) in [5.41, 5.74) is 0.850. The van der Waals surface area contributed by atoms with E-state index in [0.29, 0.717) is 15.6 Å². The van der Waals surface area contributed by atoms with Crippen LogP contribution in [0.25, 0.3) is 0 Å². The minimum Gasteiger partial charge on any atom is -0.322 e. The van der Waals surface area contributed by atoms with Crippen molar-refractivity contribution in [3.05, 3.63) is 39.9 Å². The van der Waals surface area contributed by atoms with Crippen molar-refractivity contribution in [2.75, 3.05) is 5.32 Å². The molecule has 21 heavy (non-hydrogen) atoms. The molecule has 112 valence electrons. The molecule has 3 nitrogen and oxygen atoms in total. The number of Topliss-reactive ketones (excluding diaryl/α,β-unsaturated/α-hetero) is 1. The highest BCUT2D eigenvalue weighted by Crippen LogP contribution is 2.24. The van der Waals surface area contributed by atoms with Gasteiger partial charge in [0, 0.05) is 26.2 Å². The summed E-state index contributed by atoms with van der Waals surface area (Å²) in [7, 11) is 0. The molecular formula is C15H15Cl2NO2S. The summed E-state index contributed by atoms with van der Waals surface area (Å²) >= 11 is 17.0. The molecule has 0 aliphatic rings. The summed E-state index contributed by atoms with van der Waals surface area (Å²) in [6.07, 6.45) is 0. The first-order valence-corrected chi connectivity index (χ1v) is 7.34. The van der Waals surface area contributed by atoms with Crippen molar-refractivity contribution >= 4 is 57.7 Å². The van der Waals surface area contributed by atoms with Gasteiger partial charge in [0.15, 0.2) is 0 Å². The van der Waals surface area contributed by atoms with Gasteiger partial charge in [-0.2, -0.15) is 0 Å². The number of amides is 1. The van der Waals surface area contributed by atoms with Crippen LogP contribution in [0.4, 0.5) is 5.69 Å². The maximum absolute atomic E-state index is 12.1. The minimum absolute atomic E-state index is 0.154. The van der Waals surface area contributed by atoms with Gasteiger partial charge < -0.3 is 5.32 Å². The molecule has 0 bridgehead atoms. The van der Waals surface area contributed by atoms with Crippen LogP contribution < -0.4 is 5.32 Å². The lowest BCUT2D eigenvalue weighted by Gasteiger charge is -2.14. The van der Waals surface area contributed by atoms with E-state index in [1.165, 1.54) is 6.92 Å². The van der Waals surface area contributed by atoms with E-state index in [0.717, 1.165) is 0 Å². The van der Waals surface area contributed by atoms with Crippen LogP contribution in [-0.4, -0.2) is 16.6 Å². The van der Waals surface area contributed by atoms with E-state index in [-0.39, 0.29) is 22.3 Å². The predicted octanol–water partition coefficient (Wildman–Crippen LogP) is 4.39. The fourth-order valence-electron chi connectivity index (χ4n) is 1.73. The van der Waals surface area contributed by atoms with Gasteiger partial charge >= 0.3 is 0 Å². The fourth-order valence-corrected chi connectivity index (χ4v) is 2.60. The Bertz CT molecular complexity index is 595. The lowest BCUT2D eigenvalue weighted by molar-refractivity contribution is -0.117. The maximum Gasteiger partial charge on any atom is 0.252 e. The minimum atomic E-state index is -0.724. The molecule has 0 saturated carbocycles. The van der Waals surface area contributed by atoms with Crippen molar-refractivity contribution < 1.29 is 9.59 Å². The summed E-state index contributed by atoms with van der Waals surface area (Å²) in [6.45, 7) is 4.59. The van der Waals surface area contributed by atoms with E-state index in [1.54, 1.807) is 38.1 Å². The number of allylic oxidation sites excluding steroid dienone is 1. The molecule has 1 aromatic carbocycles. The molecule has 1 N–H and O–H groups in total. The largest absolute Gasteiger partial charge is 0.322 e. The van der Waals surface area contributed by atoms with Crippen LogP contribution >= 0.6 is 35.4 Å². The maximum atomic E-state index is 12.1. The molecular weight excluding hydrogens is 329 g/mol. The van der Waals surface area contributed by atoms with Crippen molar-refractivity contribution in [1.29, 1.82) is 0 Å². The van der Waals surface area contributed by atoms with Crippen LogP contribution in [0.15, 0.2) is 34.9 Å². The first-order chi connectivity index (χ1) is 9.73. The predicted molar refractivity (Wildman–Crippen MR) is 91.1 cm³/mol. The zero-order valence-electron chi connectivity index (χ0n) is 11.9. The van der Waals surface area contributed by atoms with Crippen LogP contribution in [0, 0.1) is 5.92 Å².